The van der Waals surface area contributed by atoms with Crippen LogP contribution < -0.4 is 5.73 Å². The lowest BCUT2D eigenvalue weighted by Crippen LogP contribution is -2.07. The third-order valence-corrected chi connectivity index (χ3v) is 2.92. The molecule has 0 aliphatic rings. The van der Waals surface area contributed by atoms with Gasteiger partial charge in [0, 0.05) is 10.7 Å². The average Bonchev–Trinajstić information content (AvgIpc) is 2.65. The molecule has 0 bridgehead atoms. The van der Waals surface area contributed by atoms with Crippen molar-refractivity contribution in [1.29, 1.82) is 0 Å². The third kappa shape index (κ3) is 2.33. The van der Waals surface area contributed by atoms with E-state index in [4.69, 9.17) is 5.73 Å². The molecule has 1 aromatic heterocycles. The van der Waals surface area contributed by atoms with Crippen LogP contribution in [0.1, 0.15) is 11.3 Å². The van der Waals surface area contributed by atoms with Crippen LogP contribution in [-0.4, -0.2) is 16.3 Å². The Morgan fingerprint density at radius 3 is 2.81 bits per heavy atom. The zero-order chi connectivity index (χ0) is 11.5. The monoisotopic (exact) mass is 279 g/mol. The van der Waals surface area contributed by atoms with Crippen LogP contribution in [0.3, 0.4) is 0 Å². The van der Waals surface area contributed by atoms with Gasteiger partial charge in [-0.2, -0.15) is 5.10 Å². The first-order valence-corrected chi connectivity index (χ1v) is 6.01. The van der Waals surface area contributed by atoms with Gasteiger partial charge < -0.3 is 5.73 Å². The molecule has 2 N–H and O–H groups in total. The highest BCUT2D eigenvalue weighted by molar-refractivity contribution is 9.10. The molecule has 0 saturated carbocycles. The SMILES string of the molecule is Cc1ccn(-c2ccc(Br)cc2CCN)n1. The summed E-state index contributed by atoms with van der Waals surface area (Å²) < 4.78 is 2.97. The molecule has 16 heavy (non-hydrogen) atoms. The summed E-state index contributed by atoms with van der Waals surface area (Å²) in [5, 5.41) is 4.41. The van der Waals surface area contributed by atoms with Crippen LogP contribution in [0, 0.1) is 6.92 Å². The summed E-state index contributed by atoms with van der Waals surface area (Å²) in [5.74, 6) is 0. The molecule has 0 amide bonds. The lowest BCUT2D eigenvalue weighted by molar-refractivity contribution is 0.837. The van der Waals surface area contributed by atoms with Crippen LogP contribution in [0.15, 0.2) is 34.9 Å². The molecule has 0 radical (unpaired) electrons. The van der Waals surface area contributed by atoms with Crippen molar-refractivity contribution < 1.29 is 0 Å². The molecule has 2 rings (SSSR count). The zero-order valence-corrected chi connectivity index (χ0v) is 10.7. The quantitative estimate of drug-likeness (QED) is 0.938. The summed E-state index contributed by atoms with van der Waals surface area (Å²) in [6.45, 7) is 2.63. The molecule has 3 nitrogen and oxygen atoms in total. The first-order valence-electron chi connectivity index (χ1n) is 5.22. The minimum absolute atomic E-state index is 0.643. The number of halogens is 1. The molecule has 1 aromatic carbocycles. The molecule has 0 spiro atoms. The highest BCUT2D eigenvalue weighted by Gasteiger charge is 2.05. The molecule has 1 heterocycles. The summed E-state index contributed by atoms with van der Waals surface area (Å²) in [5.41, 5.74) is 8.94. The summed E-state index contributed by atoms with van der Waals surface area (Å²) in [7, 11) is 0. The van der Waals surface area contributed by atoms with Gasteiger partial charge in [-0.1, -0.05) is 15.9 Å². The molecular formula is C12H14BrN3. The topological polar surface area (TPSA) is 43.8 Å². The second kappa shape index (κ2) is 4.80. The van der Waals surface area contributed by atoms with E-state index in [0.717, 1.165) is 22.3 Å². The highest BCUT2D eigenvalue weighted by atomic mass is 79.9. The molecule has 84 valence electrons. The van der Waals surface area contributed by atoms with Crippen molar-refractivity contribution in [3.63, 3.8) is 0 Å². The maximum Gasteiger partial charge on any atom is 0.0678 e. The van der Waals surface area contributed by atoms with Crippen LogP contribution in [-0.2, 0) is 6.42 Å². The van der Waals surface area contributed by atoms with Crippen LogP contribution in [0.4, 0.5) is 0 Å². The van der Waals surface area contributed by atoms with Gasteiger partial charge in [0.1, 0.15) is 0 Å². The molecule has 0 unspecified atom stereocenters. The third-order valence-electron chi connectivity index (χ3n) is 2.42. The van der Waals surface area contributed by atoms with E-state index < -0.39 is 0 Å². The number of hydrogen-bond donors (Lipinski definition) is 1. The second-order valence-corrected chi connectivity index (χ2v) is 4.63. The fourth-order valence-electron chi connectivity index (χ4n) is 1.68. The van der Waals surface area contributed by atoms with Crippen LogP contribution in [0.2, 0.25) is 0 Å². The van der Waals surface area contributed by atoms with Crippen LogP contribution >= 0.6 is 15.9 Å². The van der Waals surface area contributed by atoms with Crippen molar-refractivity contribution in [3.8, 4) is 5.69 Å². The average molecular weight is 280 g/mol. The first-order chi connectivity index (χ1) is 7.70. The minimum atomic E-state index is 0.643. The fourth-order valence-corrected chi connectivity index (χ4v) is 2.09. The fraction of sp³-hybridized carbons (Fsp3) is 0.250. The van der Waals surface area contributed by atoms with Gasteiger partial charge in [-0.15, -0.1) is 0 Å². The Bertz CT molecular complexity index is 491. The van der Waals surface area contributed by atoms with Crippen molar-refractivity contribution >= 4 is 15.9 Å². The molecular weight excluding hydrogens is 266 g/mol. The largest absolute Gasteiger partial charge is 0.330 e. The van der Waals surface area contributed by atoms with Gasteiger partial charge in [0.15, 0.2) is 0 Å². The van der Waals surface area contributed by atoms with E-state index in [1.165, 1.54) is 5.56 Å². The normalized spacial score (nSPS) is 10.7. The molecule has 0 aliphatic heterocycles. The molecule has 0 aliphatic carbocycles. The van der Waals surface area contributed by atoms with E-state index in [9.17, 15) is 0 Å². The predicted molar refractivity (Wildman–Crippen MR) is 68.8 cm³/mol. The Morgan fingerprint density at radius 2 is 2.19 bits per heavy atom. The Hall–Kier alpha value is -1.13. The summed E-state index contributed by atoms with van der Waals surface area (Å²) >= 11 is 3.47. The Balaban J connectivity index is 2.47. The number of rotatable bonds is 3. The van der Waals surface area contributed by atoms with Gasteiger partial charge in [0.2, 0.25) is 0 Å². The Kier molecular flexibility index (Phi) is 3.41. The van der Waals surface area contributed by atoms with Gasteiger partial charge in [0.25, 0.3) is 0 Å². The molecule has 4 heteroatoms. The number of hydrogen-bond acceptors (Lipinski definition) is 2. The van der Waals surface area contributed by atoms with Crippen LogP contribution in [0.25, 0.3) is 5.69 Å². The highest BCUT2D eigenvalue weighted by Crippen LogP contribution is 2.20. The van der Waals surface area contributed by atoms with Gasteiger partial charge in [-0.25, -0.2) is 4.68 Å². The maximum atomic E-state index is 5.62. The Labute approximate surface area is 103 Å². The van der Waals surface area contributed by atoms with E-state index in [2.05, 4.69) is 33.2 Å². The van der Waals surface area contributed by atoms with Crippen molar-refractivity contribution in [2.45, 2.75) is 13.3 Å². The van der Waals surface area contributed by atoms with Crippen LogP contribution in [0.5, 0.6) is 0 Å². The van der Waals surface area contributed by atoms with E-state index in [0.29, 0.717) is 6.54 Å². The Morgan fingerprint density at radius 1 is 1.38 bits per heavy atom. The van der Waals surface area contributed by atoms with Gasteiger partial charge in [0.05, 0.1) is 11.4 Å². The maximum absolute atomic E-state index is 5.62. The number of nitrogens with zero attached hydrogens (tertiary/aromatic N) is 2. The number of benzene rings is 1. The van der Waals surface area contributed by atoms with Crippen molar-refractivity contribution in [2.24, 2.45) is 5.73 Å². The first kappa shape index (κ1) is 11.4. The molecule has 0 saturated heterocycles. The molecule has 2 aromatic rings. The summed E-state index contributed by atoms with van der Waals surface area (Å²) in [6.07, 6.45) is 2.83. The van der Waals surface area contributed by atoms with Gasteiger partial charge >= 0.3 is 0 Å². The lowest BCUT2D eigenvalue weighted by Gasteiger charge is -2.09. The lowest BCUT2D eigenvalue weighted by atomic mass is 10.1. The summed E-state index contributed by atoms with van der Waals surface area (Å²) in [4.78, 5) is 0. The predicted octanol–water partition coefficient (Wildman–Crippen LogP) is 2.44. The van der Waals surface area contributed by atoms with E-state index >= 15 is 0 Å². The van der Waals surface area contributed by atoms with Crippen molar-refractivity contribution in [1.82, 2.24) is 9.78 Å². The number of nitrogens with two attached hydrogens (primary N) is 1. The van der Waals surface area contributed by atoms with E-state index in [1.807, 2.05) is 29.9 Å². The zero-order valence-electron chi connectivity index (χ0n) is 9.15. The van der Waals surface area contributed by atoms with E-state index in [1.54, 1.807) is 0 Å². The minimum Gasteiger partial charge on any atom is -0.330 e. The van der Waals surface area contributed by atoms with Gasteiger partial charge in [-0.3, -0.25) is 0 Å². The summed E-state index contributed by atoms with van der Waals surface area (Å²) in [6, 6.07) is 8.17. The second-order valence-electron chi connectivity index (χ2n) is 3.71. The van der Waals surface area contributed by atoms with Crippen molar-refractivity contribution in [2.75, 3.05) is 6.54 Å². The van der Waals surface area contributed by atoms with Crippen molar-refractivity contribution in [3.05, 3.63) is 46.2 Å². The molecule has 0 atom stereocenters. The molecule has 0 fully saturated rings. The number of aromatic nitrogens is 2. The van der Waals surface area contributed by atoms with E-state index in [-0.39, 0.29) is 0 Å². The smallest absolute Gasteiger partial charge is 0.0678 e. The van der Waals surface area contributed by atoms with Gasteiger partial charge in [-0.05, 0) is 49.7 Å². The number of aryl methyl sites for hydroxylation is 1. The standard InChI is InChI=1S/C12H14BrN3/c1-9-5-7-16(15-9)12-3-2-11(13)8-10(12)4-6-14/h2-3,5,7-8H,4,6,14H2,1H3.